The Labute approximate surface area is 265 Å². The highest BCUT2D eigenvalue weighted by Crippen LogP contribution is 2.52. The van der Waals surface area contributed by atoms with E-state index in [9.17, 15) is 31.5 Å². The van der Waals surface area contributed by atoms with Crippen LogP contribution in [0.15, 0.2) is 77.4 Å². The predicted molar refractivity (Wildman–Crippen MR) is 164 cm³/mol. The zero-order valence-corrected chi connectivity index (χ0v) is 26.3. The molecular formula is C33H34ClF3N2O5S. The fraction of sp³-hybridized carbons (Fsp3) is 0.364. The molecule has 2 aliphatic carbocycles. The summed E-state index contributed by atoms with van der Waals surface area (Å²) in [5.74, 6) is -6.14. The molecule has 2 atom stereocenters. The Morgan fingerprint density at radius 2 is 1.69 bits per heavy atom. The van der Waals surface area contributed by atoms with Crippen LogP contribution < -0.4 is 5.32 Å². The first-order valence-electron chi connectivity index (χ1n) is 14.5. The molecule has 2 unspecified atom stereocenters. The van der Waals surface area contributed by atoms with E-state index in [1.165, 1.54) is 12.1 Å². The number of hydroxylamine groups is 2. The van der Waals surface area contributed by atoms with Gasteiger partial charge in [-0.15, -0.1) is 5.06 Å². The normalized spacial score (nSPS) is 23.3. The van der Waals surface area contributed by atoms with Crippen LogP contribution in [0.25, 0.3) is 0 Å². The third-order valence-corrected chi connectivity index (χ3v) is 11.4. The van der Waals surface area contributed by atoms with E-state index in [4.69, 9.17) is 16.4 Å². The Balaban J connectivity index is 1.27. The zero-order chi connectivity index (χ0) is 32.5. The van der Waals surface area contributed by atoms with Gasteiger partial charge in [0.2, 0.25) is 0 Å². The van der Waals surface area contributed by atoms with Crippen molar-refractivity contribution in [3.05, 3.63) is 106 Å². The first-order chi connectivity index (χ1) is 21.3. The molecule has 2 fully saturated rings. The van der Waals surface area contributed by atoms with E-state index >= 15 is 0 Å². The number of sulfone groups is 1. The molecule has 2 N–H and O–H groups in total. The number of nitrogens with zero attached hydrogens (tertiary/aromatic N) is 1. The van der Waals surface area contributed by atoms with Crippen LogP contribution in [0.3, 0.4) is 0 Å². The highest BCUT2D eigenvalue weighted by atomic mass is 35.5. The van der Waals surface area contributed by atoms with Gasteiger partial charge in [-0.25, -0.2) is 21.6 Å². The maximum absolute atomic E-state index is 14.0. The number of anilines is 1. The molecule has 7 nitrogen and oxygen atoms in total. The molecule has 45 heavy (non-hydrogen) atoms. The minimum atomic E-state index is -4.05. The quantitative estimate of drug-likeness (QED) is 0.137. The summed E-state index contributed by atoms with van der Waals surface area (Å²) < 4.78 is 68.6. The second-order valence-corrected chi connectivity index (χ2v) is 14.6. The lowest BCUT2D eigenvalue weighted by atomic mass is 9.74. The highest BCUT2D eigenvalue weighted by molar-refractivity contribution is 7.92. The van der Waals surface area contributed by atoms with Gasteiger partial charge in [-0.05, 0) is 73.8 Å². The summed E-state index contributed by atoms with van der Waals surface area (Å²) >= 11 is 6.35. The predicted octanol–water partition coefficient (Wildman–Crippen LogP) is 7.06. The summed E-state index contributed by atoms with van der Waals surface area (Å²) in [6.45, 7) is 2.44. The molecule has 3 aromatic rings. The molecule has 1 amide bonds. The first-order valence-corrected chi connectivity index (χ1v) is 16.5. The third kappa shape index (κ3) is 7.38. The summed E-state index contributed by atoms with van der Waals surface area (Å²) in [6, 6.07) is 14.8. The molecule has 0 saturated heterocycles. The van der Waals surface area contributed by atoms with Crippen LogP contribution in [-0.4, -0.2) is 42.4 Å². The smallest absolute Gasteiger partial charge is 0.255 e. The number of hydrogen-bond acceptors (Lipinski definition) is 6. The van der Waals surface area contributed by atoms with Crippen LogP contribution in [0.1, 0.15) is 54.9 Å². The van der Waals surface area contributed by atoms with Gasteiger partial charge in [0.1, 0.15) is 6.26 Å². The molecule has 2 saturated carbocycles. The summed E-state index contributed by atoms with van der Waals surface area (Å²) in [7, 11) is -2.23. The third-order valence-electron chi connectivity index (χ3n) is 8.51. The summed E-state index contributed by atoms with van der Waals surface area (Å²) in [4.78, 5) is 18.4. The Bertz CT molecular complexity index is 1680. The van der Waals surface area contributed by atoms with Crippen LogP contribution in [0, 0.1) is 29.3 Å². The summed E-state index contributed by atoms with van der Waals surface area (Å²) in [5.41, 5.74) is 0.357. The molecule has 2 aliphatic rings. The number of aliphatic hydroxyl groups is 1. The number of hydrogen-bond donors (Lipinski definition) is 2. The highest BCUT2D eigenvalue weighted by Gasteiger charge is 2.54. The molecule has 240 valence electrons. The van der Waals surface area contributed by atoms with Crippen LogP contribution in [0.5, 0.6) is 0 Å². The van der Waals surface area contributed by atoms with E-state index in [2.05, 4.69) is 5.32 Å². The van der Waals surface area contributed by atoms with Gasteiger partial charge in [0.05, 0.1) is 27.3 Å². The monoisotopic (exact) mass is 662 g/mol. The number of benzene rings is 3. The van der Waals surface area contributed by atoms with Crippen LogP contribution in [0.2, 0.25) is 5.02 Å². The number of fused-ring (bicyclic) bond motifs is 2. The van der Waals surface area contributed by atoms with Crippen LogP contribution in [-0.2, 0) is 21.2 Å². The Morgan fingerprint density at radius 3 is 2.31 bits per heavy atom. The topological polar surface area (TPSA) is 95.9 Å². The van der Waals surface area contributed by atoms with E-state index in [0.717, 1.165) is 17.2 Å². The van der Waals surface area contributed by atoms with Crippen molar-refractivity contribution in [3.8, 4) is 0 Å². The Hall–Kier alpha value is -3.38. The van der Waals surface area contributed by atoms with Gasteiger partial charge in [-0.3, -0.25) is 4.79 Å². The molecule has 0 aliphatic heterocycles. The van der Waals surface area contributed by atoms with Crippen molar-refractivity contribution >= 4 is 33.0 Å². The molecule has 0 spiro atoms. The lowest BCUT2D eigenvalue weighted by Crippen LogP contribution is -2.46. The van der Waals surface area contributed by atoms with Gasteiger partial charge in [-0.2, -0.15) is 0 Å². The first kappa shape index (κ1) is 33.0. The Kier molecular flexibility index (Phi) is 9.65. The van der Waals surface area contributed by atoms with Crippen LogP contribution >= 0.6 is 11.6 Å². The average Bonchev–Trinajstić information content (AvgIpc) is 3.28. The molecule has 12 heteroatoms. The van der Waals surface area contributed by atoms with Crippen molar-refractivity contribution in [2.24, 2.45) is 11.8 Å². The van der Waals surface area contributed by atoms with Crippen LogP contribution in [0.4, 0.5) is 18.9 Å². The lowest BCUT2D eigenvalue weighted by molar-refractivity contribution is -0.0895. The van der Waals surface area contributed by atoms with Crippen molar-refractivity contribution in [1.29, 1.82) is 0 Å². The SMILES string of the molecule is C/C(=C/ON(C)Cc1ccccc1)CC1(O)CC2CCC(C1)C2S(=O)(=O)c1cc(C(=O)Nc2cc(F)c(F)c(F)c2)ccc1Cl. The Morgan fingerprint density at radius 1 is 1.07 bits per heavy atom. The van der Waals surface area contributed by atoms with Gasteiger partial charge < -0.3 is 15.3 Å². The van der Waals surface area contributed by atoms with Gasteiger partial charge in [0.15, 0.2) is 27.3 Å². The fourth-order valence-corrected chi connectivity index (χ4v) is 9.59. The average molecular weight is 663 g/mol. The maximum atomic E-state index is 14.0. The van der Waals surface area contributed by atoms with E-state index in [0.29, 0.717) is 37.9 Å². The van der Waals surface area contributed by atoms with Crippen molar-refractivity contribution < 1.29 is 36.3 Å². The standard InChI is InChI=1S/C33H34ClF3N2O5S/c1-20(19-44-39(2)18-21-6-4-3-5-7-21)15-33(41)16-23-8-9-24(17-33)31(23)45(42,43)29-12-22(10-11-26(29)34)32(40)38-25-13-27(35)30(37)28(36)14-25/h3-7,10-14,19,23-24,31,41H,8-9,15-18H2,1-2H3,(H,38,40)/b20-19-. The van der Waals surface area contributed by atoms with Gasteiger partial charge >= 0.3 is 0 Å². The fourth-order valence-electron chi connectivity index (χ4n) is 6.75. The van der Waals surface area contributed by atoms with Crippen molar-refractivity contribution in [2.75, 3.05) is 12.4 Å². The molecule has 5 rings (SSSR count). The summed E-state index contributed by atoms with van der Waals surface area (Å²) in [5, 5.41) is 14.7. The van der Waals surface area contributed by atoms with Crippen molar-refractivity contribution in [2.45, 2.75) is 61.3 Å². The van der Waals surface area contributed by atoms with E-state index in [1.54, 1.807) is 11.3 Å². The number of carbonyl (C=O) groups excluding carboxylic acids is 1. The van der Waals surface area contributed by atoms with E-state index in [1.807, 2.05) is 44.3 Å². The lowest BCUT2D eigenvalue weighted by Gasteiger charge is -2.41. The number of rotatable bonds is 10. The second-order valence-electron chi connectivity index (χ2n) is 12.1. The molecule has 3 aromatic carbocycles. The maximum Gasteiger partial charge on any atom is 0.255 e. The largest absolute Gasteiger partial charge is 0.414 e. The van der Waals surface area contributed by atoms with E-state index < -0.39 is 44.0 Å². The number of amides is 1. The van der Waals surface area contributed by atoms with Crippen molar-refractivity contribution in [3.63, 3.8) is 0 Å². The number of halogens is 4. The number of carbonyl (C=O) groups is 1. The molecule has 0 radical (unpaired) electrons. The molecular weight excluding hydrogens is 629 g/mol. The molecule has 2 bridgehead atoms. The van der Waals surface area contributed by atoms with Gasteiger partial charge in [-0.1, -0.05) is 41.9 Å². The van der Waals surface area contributed by atoms with Gasteiger partial charge in [0.25, 0.3) is 5.91 Å². The van der Waals surface area contributed by atoms with E-state index in [-0.39, 0.29) is 45.8 Å². The van der Waals surface area contributed by atoms with Crippen molar-refractivity contribution in [1.82, 2.24) is 5.06 Å². The summed E-state index contributed by atoms with van der Waals surface area (Å²) in [6.07, 6.45) is 3.73. The second kappa shape index (κ2) is 13.2. The van der Waals surface area contributed by atoms with Gasteiger partial charge in [0, 0.05) is 36.9 Å². The number of nitrogens with one attached hydrogen (secondary N) is 1. The minimum Gasteiger partial charge on any atom is -0.414 e. The zero-order valence-electron chi connectivity index (χ0n) is 24.8. The molecule has 0 aromatic heterocycles. The molecule has 0 heterocycles. The minimum absolute atomic E-state index is 0.0683.